The van der Waals surface area contributed by atoms with Crippen LogP contribution in [0.1, 0.15) is 34.6 Å². The fourth-order valence-corrected chi connectivity index (χ4v) is 4.08. The highest BCUT2D eigenvalue weighted by Gasteiger charge is 2.32. The second-order valence-corrected chi connectivity index (χ2v) is 7.56. The summed E-state index contributed by atoms with van der Waals surface area (Å²) >= 11 is 0. The van der Waals surface area contributed by atoms with Crippen LogP contribution in [0.5, 0.6) is 0 Å². The van der Waals surface area contributed by atoms with Gasteiger partial charge >= 0.3 is 0 Å². The number of carbonyl (C=O) groups is 2. The highest BCUT2D eigenvalue weighted by molar-refractivity contribution is 5.94. The number of piperidine rings is 1. The largest absolute Gasteiger partial charge is 0.337 e. The Labute approximate surface area is 164 Å². The molecule has 2 fully saturated rings. The number of hydrogen-bond acceptors (Lipinski definition) is 5. The minimum Gasteiger partial charge on any atom is -0.337 e. The Balaban J connectivity index is 1.46. The maximum absolute atomic E-state index is 13.0. The smallest absolute Gasteiger partial charge is 0.255 e. The Morgan fingerprint density at radius 1 is 1.25 bits per heavy atom. The highest BCUT2D eigenvalue weighted by atomic mass is 16.2. The summed E-state index contributed by atoms with van der Waals surface area (Å²) in [6, 6.07) is 5.73. The van der Waals surface area contributed by atoms with E-state index in [0.29, 0.717) is 31.0 Å². The number of pyridine rings is 1. The van der Waals surface area contributed by atoms with Crippen LogP contribution in [0.2, 0.25) is 0 Å². The minimum absolute atomic E-state index is 0.0281. The molecule has 0 bridgehead atoms. The van der Waals surface area contributed by atoms with Crippen molar-refractivity contribution in [2.24, 2.45) is 0 Å². The van der Waals surface area contributed by atoms with Crippen molar-refractivity contribution in [3.63, 3.8) is 0 Å². The number of nitrogens with zero attached hydrogens (tertiary/aromatic N) is 5. The average molecular weight is 382 g/mol. The molecule has 0 radical (unpaired) electrons. The van der Waals surface area contributed by atoms with Gasteiger partial charge in [-0.3, -0.25) is 9.59 Å². The van der Waals surface area contributed by atoms with Gasteiger partial charge in [0.2, 0.25) is 5.91 Å². The summed E-state index contributed by atoms with van der Waals surface area (Å²) < 4.78 is 1.77. The number of carbonyl (C=O) groups excluding carboxylic acids is 2. The van der Waals surface area contributed by atoms with Crippen LogP contribution in [0.4, 0.5) is 0 Å². The van der Waals surface area contributed by atoms with E-state index >= 15 is 0 Å². The number of nitrogens with one attached hydrogen (secondary N) is 1. The predicted molar refractivity (Wildman–Crippen MR) is 104 cm³/mol. The van der Waals surface area contributed by atoms with Gasteiger partial charge in [-0.05, 0) is 44.9 Å². The second kappa shape index (κ2) is 7.71. The topological polar surface area (TPSA) is 83.4 Å². The van der Waals surface area contributed by atoms with Crippen molar-refractivity contribution in [2.45, 2.75) is 32.7 Å². The van der Waals surface area contributed by atoms with Crippen molar-refractivity contribution in [3.8, 4) is 5.82 Å². The van der Waals surface area contributed by atoms with Crippen molar-refractivity contribution in [3.05, 3.63) is 41.3 Å². The third-order valence-corrected chi connectivity index (χ3v) is 5.47. The van der Waals surface area contributed by atoms with Crippen LogP contribution in [0.3, 0.4) is 0 Å². The molecule has 2 aliphatic rings. The van der Waals surface area contributed by atoms with E-state index in [9.17, 15) is 9.59 Å². The SMILES string of the molecule is Cc1cc(C)n(-c2ccc(C(=O)N3CCCC(N4CCNCC4=O)C3)cn2)n1. The van der Waals surface area contributed by atoms with Gasteiger partial charge in [-0.1, -0.05) is 0 Å². The van der Waals surface area contributed by atoms with Crippen molar-refractivity contribution >= 4 is 11.8 Å². The molecular formula is C20H26N6O2. The molecule has 28 heavy (non-hydrogen) atoms. The molecule has 2 aliphatic heterocycles. The molecule has 0 aromatic carbocycles. The summed E-state index contributed by atoms with van der Waals surface area (Å²) in [6.45, 7) is 7.14. The zero-order chi connectivity index (χ0) is 19.7. The van der Waals surface area contributed by atoms with Crippen molar-refractivity contribution < 1.29 is 9.59 Å². The zero-order valence-electron chi connectivity index (χ0n) is 16.4. The number of likely N-dealkylation sites (tertiary alicyclic amines) is 1. The van der Waals surface area contributed by atoms with Gasteiger partial charge in [-0.25, -0.2) is 9.67 Å². The fraction of sp³-hybridized carbons (Fsp3) is 0.500. The van der Waals surface area contributed by atoms with Crippen LogP contribution >= 0.6 is 0 Å². The molecule has 2 saturated heterocycles. The van der Waals surface area contributed by atoms with Gasteiger partial charge in [-0.15, -0.1) is 0 Å². The Morgan fingerprint density at radius 3 is 2.79 bits per heavy atom. The van der Waals surface area contributed by atoms with E-state index in [2.05, 4.69) is 15.4 Å². The Morgan fingerprint density at radius 2 is 2.11 bits per heavy atom. The van der Waals surface area contributed by atoms with Crippen LogP contribution in [0, 0.1) is 13.8 Å². The molecule has 4 heterocycles. The second-order valence-electron chi connectivity index (χ2n) is 7.56. The predicted octanol–water partition coefficient (Wildman–Crippen LogP) is 0.921. The first-order chi connectivity index (χ1) is 13.5. The molecule has 0 saturated carbocycles. The number of aryl methyl sites for hydroxylation is 2. The Bertz CT molecular complexity index is 875. The summed E-state index contributed by atoms with van der Waals surface area (Å²) in [7, 11) is 0. The van der Waals surface area contributed by atoms with Crippen molar-refractivity contribution in [1.29, 1.82) is 0 Å². The molecule has 2 aromatic rings. The van der Waals surface area contributed by atoms with E-state index in [-0.39, 0.29) is 17.9 Å². The van der Waals surface area contributed by atoms with Gasteiger partial charge in [0, 0.05) is 44.1 Å². The maximum atomic E-state index is 13.0. The van der Waals surface area contributed by atoms with Crippen LogP contribution in [0.25, 0.3) is 5.82 Å². The number of rotatable bonds is 3. The Hall–Kier alpha value is -2.74. The monoisotopic (exact) mass is 382 g/mol. The van der Waals surface area contributed by atoms with Gasteiger partial charge in [0.15, 0.2) is 5.82 Å². The lowest BCUT2D eigenvalue weighted by atomic mass is 10.0. The van der Waals surface area contributed by atoms with Gasteiger partial charge < -0.3 is 15.1 Å². The summed E-state index contributed by atoms with van der Waals surface area (Å²) in [5, 5.41) is 7.53. The summed E-state index contributed by atoms with van der Waals surface area (Å²) in [5.41, 5.74) is 2.50. The standard InChI is InChI=1S/C20H26N6O2/c1-14-10-15(2)26(23-14)18-6-5-16(11-22-18)20(28)24-8-3-4-17(13-24)25-9-7-21-12-19(25)27/h5-6,10-11,17,21H,3-4,7-9,12-13H2,1-2H3. The lowest BCUT2D eigenvalue weighted by Gasteiger charge is -2.41. The van der Waals surface area contributed by atoms with Gasteiger partial charge in [0.1, 0.15) is 0 Å². The fourth-order valence-electron chi connectivity index (χ4n) is 4.08. The molecule has 4 rings (SSSR count). The number of hydrogen-bond donors (Lipinski definition) is 1. The third-order valence-electron chi connectivity index (χ3n) is 5.47. The van der Waals surface area contributed by atoms with Gasteiger partial charge in [-0.2, -0.15) is 5.10 Å². The van der Waals surface area contributed by atoms with E-state index in [0.717, 1.165) is 37.3 Å². The van der Waals surface area contributed by atoms with Crippen LogP contribution in [-0.2, 0) is 4.79 Å². The van der Waals surface area contributed by atoms with E-state index in [1.165, 1.54) is 0 Å². The molecule has 8 nitrogen and oxygen atoms in total. The first-order valence-corrected chi connectivity index (χ1v) is 9.82. The molecule has 1 atom stereocenters. The minimum atomic E-state index is -0.0281. The summed E-state index contributed by atoms with van der Waals surface area (Å²) in [5.74, 6) is 0.797. The normalized spacial score (nSPS) is 20.5. The van der Waals surface area contributed by atoms with Gasteiger partial charge in [0.25, 0.3) is 5.91 Å². The maximum Gasteiger partial charge on any atom is 0.255 e. The third kappa shape index (κ3) is 3.64. The molecule has 0 spiro atoms. The highest BCUT2D eigenvalue weighted by Crippen LogP contribution is 2.19. The lowest BCUT2D eigenvalue weighted by Crippen LogP contribution is -2.57. The van der Waals surface area contributed by atoms with E-state index in [1.54, 1.807) is 16.9 Å². The average Bonchev–Trinajstić information content (AvgIpc) is 3.06. The van der Waals surface area contributed by atoms with Gasteiger partial charge in [0.05, 0.1) is 17.8 Å². The first-order valence-electron chi connectivity index (χ1n) is 9.82. The first kappa shape index (κ1) is 18.6. The molecule has 2 amide bonds. The molecule has 8 heteroatoms. The summed E-state index contributed by atoms with van der Waals surface area (Å²) in [6.07, 6.45) is 3.48. The molecule has 0 aliphatic carbocycles. The van der Waals surface area contributed by atoms with E-state index < -0.39 is 0 Å². The Kier molecular flexibility index (Phi) is 5.13. The zero-order valence-corrected chi connectivity index (χ0v) is 16.4. The molecule has 2 aromatic heterocycles. The number of amides is 2. The molecule has 1 unspecified atom stereocenters. The number of aromatic nitrogens is 3. The molecule has 148 valence electrons. The van der Waals surface area contributed by atoms with Crippen LogP contribution in [-0.4, -0.2) is 75.1 Å². The summed E-state index contributed by atoms with van der Waals surface area (Å²) in [4.78, 5) is 33.4. The van der Waals surface area contributed by atoms with Crippen LogP contribution in [0.15, 0.2) is 24.4 Å². The molecular weight excluding hydrogens is 356 g/mol. The van der Waals surface area contributed by atoms with Crippen LogP contribution < -0.4 is 5.32 Å². The number of piperazine rings is 1. The quantitative estimate of drug-likeness (QED) is 0.854. The van der Waals surface area contributed by atoms with E-state index in [1.807, 2.05) is 35.8 Å². The molecule has 1 N–H and O–H groups in total. The lowest BCUT2D eigenvalue weighted by molar-refractivity contribution is -0.135. The van der Waals surface area contributed by atoms with E-state index in [4.69, 9.17) is 0 Å². The van der Waals surface area contributed by atoms with Crippen molar-refractivity contribution in [2.75, 3.05) is 32.7 Å². The van der Waals surface area contributed by atoms with Crippen molar-refractivity contribution in [1.82, 2.24) is 29.9 Å².